The van der Waals surface area contributed by atoms with Crippen LogP contribution in [0, 0.1) is 0 Å². The molecule has 0 atom stereocenters. The van der Waals surface area contributed by atoms with Crippen molar-refractivity contribution in [3.8, 4) is 11.5 Å². The molecule has 0 aliphatic carbocycles. The van der Waals surface area contributed by atoms with Crippen molar-refractivity contribution in [2.45, 2.75) is 220 Å². The Labute approximate surface area is 277 Å². The van der Waals surface area contributed by atoms with E-state index in [9.17, 15) is 0 Å². The Kier molecular flexibility index (Phi) is 30.8. The summed E-state index contributed by atoms with van der Waals surface area (Å²) >= 11 is 0. The second kappa shape index (κ2) is 33.2. The van der Waals surface area contributed by atoms with Crippen molar-refractivity contribution < 1.29 is 9.47 Å². The molecule has 2 nitrogen and oxygen atoms in total. The first-order chi connectivity index (χ1) is 21.8. The molecule has 0 aromatic heterocycles. The minimum atomic E-state index is 0.823. The minimum absolute atomic E-state index is 0.823. The van der Waals surface area contributed by atoms with Crippen molar-refractivity contribution in [3.63, 3.8) is 0 Å². The average molecular weight is 615 g/mol. The molecule has 0 spiro atoms. The van der Waals surface area contributed by atoms with Crippen LogP contribution in [0.5, 0.6) is 11.5 Å². The summed E-state index contributed by atoms with van der Waals surface area (Å²) in [6.45, 7) is 8.46. The largest absolute Gasteiger partial charge is 0.493 e. The quantitative estimate of drug-likeness (QED) is 0.0708. The van der Waals surface area contributed by atoms with Crippen molar-refractivity contribution in [1.29, 1.82) is 0 Å². The number of aryl methyl sites for hydroxylation is 1. The number of rotatable bonds is 35. The van der Waals surface area contributed by atoms with Gasteiger partial charge in [0.2, 0.25) is 0 Å². The van der Waals surface area contributed by atoms with E-state index in [2.05, 4.69) is 39.0 Å². The van der Waals surface area contributed by atoms with Gasteiger partial charge in [-0.2, -0.15) is 0 Å². The van der Waals surface area contributed by atoms with Crippen LogP contribution >= 0.6 is 0 Å². The molecule has 0 fully saturated rings. The molecule has 1 rings (SSSR count). The monoisotopic (exact) mass is 615 g/mol. The Bertz CT molecular complexity index is 645. The molecule has 2 heteroatoms. The Hall–Kier alpha value is -1.18. The summed E-state index contributed by atoms with van der Waals surface area (Å²) in [6.07, 6.45) is 42.9. The van der Waals surface area contributed by atoms with Gasteiger partial charge in [0.25, 0.3) is 0 Å². The van der Waals surface area contributed by atoms with E-state index in [1.54, 1.807) is 0 Å². The van der Waals surface area contributed by atoms with Crippen molar-refractivity contribution in [1.82, 2.24) is 0 Å². The lowest BCUT2D eigenvalue weighted by Crippen LogP contribution is -2.01. The zero-order valence-electron chi connectivity index (χ0n) is 30.4. The molecule has 0 bridgehead atoms. The summed E-state index contributed by atoms with van der Waals surface area (Å²) in [7, 11) is 0. The third-order valence-corrected chi connectivity index (χ3v) is 9.38. The predicted molar refractivity (Wildman–Crippen MR) is 197 cm³/mol. The summed E-state index contributed by atoms with van der Waals surface area (Å²) in [5, 5.41) is 0. The highest BCUT2D eigenvalue weighted by atomic mass is 16.5. The van der Waals surface area contributed by atoms with Crippen LogP contribution in [0.2, 0.25) is 0 Å². The standard InChI is InChI=1S/C42H78O2/c1-4-7-9-11-13-15-17-19-21-23-25-27-29-31-33-35-43-41-37-40(6-3)38-42(39-41)44-36-34-32-30-28-26-24-22-20-18-16-14-12-10-8-5-2/h37-39H,4-36H2,1-3H3. The molecule has 0 heterocycles. The highest BCUT2D eigenvalue weighted by Gasteiger charge is 2.04. The topological polar surface area (TPSA) is 18.5 Å². The van der Waals surface area contributed by atoms with Gasteiger partial charge in [0.15, 0.2) is 0 Å². The van der Waals surface area contributed by atoms with E-state index in [0.717, 1.165) is 44.0 Å². The minimum Gasteiger partial charge on any atom is -0.493 e. The highest BCUT2D eigenvalue weighted by Crippen LogP contribution is 2.24. The maximum absolute atomic E-state index is 6.16. The number of unbranched alkanes of at least 4 members (excludes halogenated alkanes) is 28. The smallest absolute Gasteiger partial charge is 0.123 e. The van der Waals surface area contributed by atoms with Gasteiger partial charge < -0.3 is 9.47 Å². The lowest BCUT2D eigenvalue weighted by atomic mass is 10.0. The van der Waals surface area contributed by atoms with Gasteiger partial charge in [-0.25, -0.2) is 0 Å². The van der Waals surface area contributed by atoms with E-state index in [1.165, 1.54) is 185 Å². The van der Waals surface area contributed by atoms with E-state index in [-0.39, 0.29) is 0 Å². The molecule has 0 radical (unpaired) electrons. The van der Waals surface area contributed by atoms with Gasteiger partial charge in [-0.1, -0.05) is 201 Å². The van der Waals surface area contributed by atoms with Crippen LogP contribution in [0.3, 0.4) is 0 Å². The molecule has 44 heavy (non-hydrogen) atoms. The first kappa shape index (κ1) is 40.8. The number of ether oxygens (including phenoxy) is 2. The van der Waals surface area contributed by atoms with Crippen LogP contribution in [0.1, 0.15) is 219 Å². The van der Waals surface area contributed by atoms with Crippen molar-refractivity contribution in [2.24, 2.45) is 0 Å². The zero-order chi connectivity index (χ0) is 31.6. The van der Waals surface area contributed by atoms with Crippen LogP contribution < -0.4 is 9.47 Å². The summed E-state index contributed by atoms with van der Waals surface area (Å²) in [4.78, 5) is 0. The van der Waals surface area contributed by atoms with E-state index in [1.807, 2.05) is 0 Å². The number of benzene rings is 1. The fraction of sp³-hybridized carbons (Fsp3) is 0.857. The average Bonchev–Trinajstić information content (AvgIpc) is 3.04. The maximum Gasteiger partial charge on any atom is 0.123 e. The molecule has 0 saturated carbocycles. The Balaban J connectivity index is 1.97. The van der Waals surface area contributed by atoms with Crippen molar-refractivity contribution in [3.05, 3.63) is 23.8 Å². The molecule has 0 N–H and O–H groups in total. The molecular weight excluding hydrogens is 536 g/mol. The van der Waals surface area contributed by atoms with Crippen molar-refractivity contribution >= 4 is 0 Å². The van der Waals surface area contributed by atoms with Gasteiger partial charge in [0.1, 0.15) is 11.5 Å². The predicted octanol–water partition coefficient (Wildman–Crippen LogP) is 14.7. The fourth-order valence-electron chi connectivity index (χ4n) is 6.33. The summed E-state index contributed by atoms with van der Waals surface area (Å²) < 4.78 is 12.3. The Morgan fingerprint density at radius 3 is 0.818 bits per heavy atom. The van der Waals surface area contributed by atoms with Gasteiger partial charge >= 0.3 is 0 Å². The van der Waals surface area contributed by atoms with E-state index < -0.39 is 0 Å². The molecular formula is C42H78O2. The second-order valence-corrected chi connectivity index (χ2v) is 13.8. The third kappa shape index (κ3) is 27.2. The van der Waals surface area contributed by atoms with Crippen LogP contribution in [0.4, 0.5) is 0 Å². The van der Waals surface area contributed by atoms with Crippen LogP contribution in [0.15, 0.2) is 18.2 Å². The van der Waals surface area contributed by atoms with Crippen LogP contribution in [0.25, 0.3) is 0 Å². The van der Waals surface area contributed by atoms with E-state index >= 15 is 0 Å². The molecule has 0 saturated heterocycles. The summed E-state index contributed by atoms with van der Waals surface area (Å²) in [5.41, 5.74) is 1.31. The van der Waals surface area contributed by atoms with Gasteiger partial charge in [-0.15, -0.1) is 0 Å². The van der Waals surface area contributed by atoms with Crippen LogP contribution in [-0.2, 0) is 6.42 Å². The Morgan fingerprint density at radius 2 is 0.568 bits per heavy atom. The SMILES string of the molecule is CCCCCCCCCCCCCCCCCOc1cc(CC)cc(OCCCCCCCCCCCCCCCCC)c1. The van der Waals surface area contributed by atoms with Crippen molar-refractivity contribution in [2.75, 3.05) is 13.2 Å². The number of hydrogen-bond donors (Lipinski definition) is 0. The summed E-state index contributed by atoms with van der Waals surface area (Å²) in [5.74, 6) is 1.97. The molecule has 0 aliphatic rings. The Morgan fingerprint density at radius 1 is 0.318 bits per heavy atom. The van der Waals surface area contributed by atoms with Gasteiger partial charge in [0, 0.05) is 6.07 Å². The molecule has 0 amide bonds. The van der Waals surface area contributed by atoms with Gasteiger partial charge in [0.05, 0.1) is 13.2 Å². The number of hydrogen-bond acceptors (Lipinski definition) is 2. The molecule has 0 aliphatic heterocycles. The third-order valence-electron chi connectivity index (χ3n) is 9.38. The van der Waals surface area contributed by atoms with Gasteiger partial charge in [-0.3, -0.25) is 0 Å². The molecule has 0 unspecified atom stereocenters. The normalized spacial score (nSPS) is 11.3. The molecule has 258 valence electrons. The maximum atomic E-state index is 6.16. The first-order valence-corrected chi connectivity index (χ1v) is 20.2. The van der Waals surface area contributed by atoms with E-state index in [0.29, 0.717) is 0 Å². The molecule has 1 aromatic carbocycles. The highest BCUT2D eigenvalue weighted by molar-refractivity contribution is 5.38. The summed E-state index contributed by atoms with van der Waals surface area (Å²) in [6, 6.07) is 6.51. The zero-order valence-corrected chi connectivity index (χ0v) is 30.4. The molecule has 1 aromatic rings. The fourth-order valence-corrected chi connectivity index (χ4v) is 6.33. The first-order valence-electron chi connectivity index (χ1n) is 20.2. The van der Waals surface area contributed by atoms with Crippen LogP contribution in [-0.4, -0.2) is 13.2 Å². The second-order valence-electron chi connectivity index (χ2n) is 13.8. The lowest BCUT2D eigenvalue weighted by Gasteiger charge is -2.12. The van der Waals surface area contributed by atoms with E-state index in [4.69, 9.17) is 9.47 Å². The van der Waals surface area contributed by atoms with Gasteiger partial charge in [-0.05, 0) is 37.0 Å². The lowest BCUT2D eigenvalue weighted by molar-refractivity contribution is 0.289.